The maximum atomic E-state index is 5.86. The highest BCUT2D eigenvalue weighted by atomic mass is 16.5. The largest absolute Gasteiger partial charge is 0.496 e. The Morgan fingerprint density at radius 1 is 0.952 bits per heavy atom. The van der Waals surface area contributed by atoms with E-state index in [1.807, 2.05) is 36.4 Å². The Bertz CT molecular complexity index is 584. The van der Waals surface area contributed by atoms with Gasteiger partial charge in [0.05, 0.1) is 13.7 Å². The number of hydrogen-bond donors (Lipinski definition) is 1. The van der Waals surface area contributed by atoms with Gasteiger partial charge >= 0.3 is 0 Å². The summed E-state index contributed by atoms with van der Waals surface area (Å²) in [6.07, 6.45) is 0.956. The molecule has 0 aromatic heterocycles. The van der Waals surface area contributed by atoms with Crippen LogP contribution in [0.4, 0.5) is 5.69 Å². The van der Waals surface area contributed by atoms with Gasteiger partial charge in [-0.1, -0.05) is 19.1 Å². The van der Waals surface area contributed by atoms with Gasteiger partial charge in [-0.05, 0) is 36.8 Å². The van der Waals surface area contributed by atoms with Crippen LogP contribution in [0.3, 0.4) is 0 Å². The minimum atomic E-state index is 0.376. The van der Waals surface area contributed by atoms with Crippen molar-refractivity contribution >= 4 is 5.69 Å². The van der Waals surface area contributed by atoms with E-state index in [9.17, 15) is 0 Å². The Hall–Kier alpha value is -2.36. The zero-order chi connectivity index (χ0) is 15.1. The SMILES string of the molecule is CCCOc1ccccc1OCc1cc(N)ccc1OC. The lowest BCUT2D eigenvalue weighted by Crippen LogP contribution is -2.02. The molecule has 4 heteroatoms. The summed E-state index contributed by atoms with van der Waals surface area (Å²) in [6, 6.07) is 13.2. The molecule has 0 radical (unpaired) electrons. The highest BCUT2D eigenvalue weighted by Gasteiger charge is 2.08. The zero-order valence-corrected chi connectivity index (χ0v) is 12.5. The summed E-state index contributed by atoms with van der Waals surface area (Å²) < 4.78 is 16.8. The number of ether oxygens (including phenoxy) is 3. The van der Waals surface area contributed by atoms with E-state index in [0.717, 1.165) is 29.2 Å². The van der Waals surface area contributed by atoms with Crippen molar-refractivity contribution in [3.63, 3.8) is 0 Å². The molecule has 0 amide bonds. The van der Waals surface area contributed by atoms with Crippen molar-refractivity contribution in [3.8, 4) is 17.2 Å². The van der Waals surface area contributed by atoms with Crippen LogP contribution in [-0.4, -0.2) is 13.7 Å². The number of nitrogen functional groups attached to an aromatic ring is 1. The van der Waals surface area contributed by atoms with E-state index in [0.29, 0.717) is 18.9 Å². The molecule has 4 nitrogen and oxygen atoms in total. The van der Waals surface area contributed by atoms with Gasteiger partial charge in [-0.15, -0.1) is 0 Å². The van der Waals surface area contributed by atoms with Gasteiger partial charge in [0.25, 0.3) is 0 Å². The number of para-hydroxylation sites is 2. The van der Waals surface area contributed by atoms with Crippen LogP contribution in [0.5, 0.6) is 17.2 Å². The second-order valence-electron chi connectivity index (χ2n) is 4.66. The summed E-state index contributed by atoms with van der Waals surface area (Å²) >= 11 is 0. The Kier molecular flexibility index (Phi) is 5.32. The summed E-state index contributed by atoms with van der Waals surface area (Å²) in [5.41, 5.74) is 7.40. The fourth-order valence-corrected chi connectivity index (χ4v) is 1.97. The standard InChI is InChI=1S/C17H21NO3/c1-3-10-20-16-6-4-5-7-17(16)21-12-13-11-14(18)8-9-15(13)19-2/h4-9,11H,3,10,12,18H2,1-2H3. The fourth-order valence-electron chi connectivity index (χ4n) is 1.97. The molecule has 112 valence electrons. The maximum absolute atomic E-state index is 5.86. The third kappa shape index (κ3) is 4.05. The molecule has 0 aliphatic carbocycles. The summed E-state index contributed by atoms with van der Waals surface area (Å²) in [6.45, 7) is 3.11. The second kappa shape index (κ2) is 7.43. The zero-order valence-electron chi connectivity index (χ0n) is 12.5. The quantitative estimate of drug-likeness (QED) is 0.790. The minimum Gasteiger partial charge on any atom is -0.496 e. The lowest BCUT2D eigenvalue weighted by Gasteiger charge is -2.14. The third-order valence-electron chi connectivity index (χ3n) is 3.00. The van der Waals surface area contributed by atoms with E-state index in [1.165, 1.54) is 0 Å². The average Bonchev–Trinajstić information content (AvgIpc) is 2.52. The van der Waals surface area contributed by atoms with Crippen molar-refractivity contribution in [3.05, 3.63) is 48.0 Å². The van der Waals surface area contributed by atoms with Gasteiger partial charge < -0.3 is 19.9 Å². The van der Waals surface area contributed by atoms with Gasteiger partial charge in [-0.2, -0.15) is 0 Å². The molecule has 0 heterocycles. The lowest BCUT2D eigenvalue weighted by molar-refractivity contribution is 0.258. The van der Waals surface area contributed by atoms with E-state index in [4.69, 9.17) is 19.9 Å². The monoisotopic (exact) mass is 287 g/mol. The van der Waals surface area contributed by atoms with Crippen molar-refractivity contribution in [1.29, 1.82) is 0 Å². The number of benzene rings is 2. The number of nitrogens with two attached hydrogens (primary N) is 1. The first-order valence-electron chi connectivity index (χ1n) is 7.01. The van der Waals surface area contributed by atoms with E-state index in [1.54, 1.807) is 13.2 Å². The number of anilines is 1. The summed E-state index contributed by atoms with van der Waals surface area (Å²) in [4.78, 5) is 0. The average molecular weight is 287 g/mol. The molecule has 0 bridgehead atoms. The highest BCUT2D eigenvalue weighted by molar-refractivity contribution is 5.48. The molecular weight excluding hydrogens is 266 g/mol. The van der Waals surface area contributed by atoms with Crippen LogP contribution >= 0.6 is 0 Å². The summed E-state index contributed by atoms with van der Waals surface area (Å²) in [7, 11) is 1.63. The maximum Gasteiger partial charge on any atom is 0.161 e. The number of hydrogen-bond acceptors (Lipinski definition) is 4. The minimum absolute atomic E-state index is 0.376. The molecule has 2 aromatic rings. The van der Waals surface area contributed by atoms with Crippen molar-refractivity contribution in [2.24, 2.45) is 0 Å². The molecule has 0 atom stereocenters. The van der Waals surface area contributed by atoms with Crippen molar-refractivity contribution < 1.29 is 14.2 Å². The van der Waals surface area contributed by atoms with Crippen LogP contribution in [-0.2, 0) is 6.61 Å². The van der Waals surface area contributed by atoms with E-state index < -0.39 is 0 Å². The Morgan fingerprint density at radius 2 is 1.67 bits per heavy atom. The van der Waals surface area contributed by atoms with Gasteiger partial charge in [0.15, 0.2) is 11.5 Å². The van der Waals surface area contributed by atoms with E-state index in [2.05, 4.69) is 6.92 Å². The smallest absolute Gasteiger partial charge is 0.161 e. The second-order valence-corrected chi connectivity index (χ2v) is 4.66. The first kappa shape index (κ1) is 15.0. The number of methoxy groups -OCH3 is 1. The van der Waals surface area contributed by atoms with Gasteiger partial charge in [0.1, 0.15) is 12.4 Å². The molecular formula is C17H21NO3. The van der Waals surface area contributed by atoms with Crippen LogP contribution < -0.4 is 19.9 Å². The predicted molar refractivity (Wildman–Crippen MR) is 84.0 cm³/mol. The molecule has 0 saturated heterocycles. The molecule has 2 aromatic carbocycles. The Balaban J connectivity index is 2.11. The first-order valence-corrected chi connectivity index (χ1v) is 7.01. The molecule has 0 unspecified atom stereocenters. The predicted octanol–water partition coefficient (Wildman–Crippen LogP) is 3.65. The lowest BCUT2D eigenvalue weighted by atomic mass is 10.2. The van der Waals surface area contributed by atoms with Crippen molar-refractivity contribution in [1.82, 2.24) is 0 Å². The number of rotatable bonds is 7. The molecule has 0 spiro atoms. The first-order chi connectivity index (χ1) is 10.2. The molecule has 0 fully saturated rings. The van der Waals surface area contributed by atoms with Gasteiger partial charge in [-0.3, -0.25) is 0 Å². The molecule has 21 heavy (non-hydrogen) atoms. The summed E-state index contributed by atoms with van der Waals surface area (Å²) in [5, 5.41) is 0. The fraction of sp³-hybridized carbons (Fsp3) is 0.294. The van der Waals surface area contributed by atoms with Crippen molar-refractivity contribution in [2.75, 3.05) is 19.5 Å². The van der Waals surface area contributed by atoms with Crippen LogP contribution in [0.1, 0.15) is 18.9 Å². The molecule has 2 N–H and O–H groups in total. The molecule has 2 rings (SSSR count). The summed E-state index contributed by atoms with van der Waals surface area (Å²) in [5.74, 6) is 2.23. The third-order valence-corrected chi connectivity index (χ3v) is 3.00. The molecule has 0 saturated carbocycles. The normalized spacial score (nSPS) is 10.2. The van der Waals surface area contributed by atoms with Gasteiger partial charge in [0.2, 0.25) is 0 Å². The van der Waals surface area contributed by atoms with E-state index >= 15 is 0 Å². The molecule has 0 aliphatic rings. The highest BCUT2D eigenvalue weighted by Crippen LogP contribution is 2.29. The van der Waals surface area contributed by atoms with Crippen molar-refractivity contribution in [2.45, 2.75) is 20.0 Å². The van der Waals surface area contributed by atoms with E-state index in [-0.39, 0.29) is 0 Å². The van der Waals surface area contributed by atoms with Gasteiger partial charge in [0, 0.05) is 11.3 Å². The Labute approximate surface area is 125 Å². The van der Waals surface area contributed by atoms with Crippen LogP contribution in [0, 0.1) is 0 Å². The van der Waals surface area contributed by atoms with Crippen LogP contribution in [0.25, 0.3) is 0 Å². The van der Waals surface area contributed by atoms with Crippen LogP contribution in [0.2, 0.25) is 0 Å². The Morgan fingerprint density at radius 3 is 2.33 bits per heavy atom. The van der Waals surface area contributed by atoms with Gasteiger partial charge in [-0.25, -0.2) is 0 Å². The topological polar surface area (TPSA) is 53.7 Å². The van der Waals surface area contributed by atoms with Crippen LogP contribution in [0.15, 0.2) is 42.5 Å². The molecule has 0 aliphatic heterocycles.